The van der Waals surface area contributed by atoms with E-state index in [9.17, 15) is 27.9 Å². The van der Waals surface area contributed by atoms with Gasteiger partial charge in [-0.15, -0.1) is 0 Å². The number of amides is 1. The van der Waals surface area contributed by atoms with E-state index in [1.165, 1.54) is 0 Å². The van der Waals surface area contributed by atoms with Gasteiger partial charge in [0.05, 0.1) is 7.11 Å². The van der Waals surface area contributed by atoms with Crippen LogP contribution in [0.15, 0.2) is 54.6 Å². The number of anilines is 1. The SMILES string of the molecule is COC(=O)[C@](O)(c1ccc(NC(=S)NC(=O)c2ccccc2)cc1)C(F)(F)F. The number of methoxy groups -OCH3 is 1. The van der Waals surface area contributed by atoms with Crippen LogP contribution in [0.25, 0.3) is 0 Å². The number of hydrogen-bond acceptors (Lipinski definition) is 5. The Morgan fingerprint density at radius 1 is 1.04 bits per heavy atom. The number of rotatable bonds is 4. The Morgan fingerprint density at radius 3 is 2.11 bits per heavy atom. The summed E-state index contributed by atoms with van der Waals surface area (Å²) in [6, 6.07) is 12.4. The van der Waals surface area contributed by atoms with Crippen LogP contribution in [0.2, 0.25) is 0 Å². The first-order valence-electron chi connectivity index (χ1n) is 7.75. The summed E-state index contributed by atoms with van der Waals surface area (Å²) < 4.78 is 43.7. The zero-order valence-electron chi connectivity index (χ0n) is 14.4. The summed E-state index contributed by atoms with van der Waals surface area (Å²) in [4.78, 5) is 23.5. The molecule has 2 aromatic carbocycles. The van der Waals surface area contributed by atoms with Crippen molar-refractivity contribution >= 4 is 34.9 Å². The Kier molecular flexibility index (Phi) is 6.37. The molecule has 0 fully saturated rings. The Labute approximate surface area is 163 Å². The van der Waals surface area contributed by atoms with Crippen LogP contribution in [0.5, 0.6) is 0 Å². The summed E-state index contributed by atoms with van der Waals surface area (Å²) >= 11 is 4.99. The van der Waals surface area contributed by atoms with E-state index < -0.39 is 29.2 Å². The van der Waals surface area contributed by atoms with Crippen LogP contribution < -0.4 is 10.6 Å². The molecule has 0 bridgehead atoms. The summed E-state index contributed by atoms with van der Waals surface area (Å²) in [5, 5.41) is 14.9. The molecule has 148 valence electrons. The molecular formula is C18H15F3N2O4S. The van der Waals surface area contributed by atoms with Crippen molar-refractivity contribution in [1.82, 2.24) is 5.32 Å². The zero-order chi connectivity index (χ0) is 20.9. The molecule has 0 saturated heterocycles. The number of carbonyl (C=O) groups is 2. The number of carbonyl (C=O) groups excluding carboxylic acids is 2. The lowest BCUT2D eigenvalue weighted by atomic mass is 9.93. The van der Waals surface area contributed by atoms with E-state index >= 15 is 0 Å². The summed E-state index contributed by atoms with van der Waals surface area (Å²) in [5.41, 5.74) is -3.93. The average molecular weight is 412 g/mol. The predicted octanol–water partition coefficient (Wildman–Crippen LogP) is 2.74. The van der Waals surface area contributed by atoms with Gasteiger partial charge >= 0.3 is 12.1 Å². The number of hydrogen-bond donors (Lipinski definition) is 3. The molecular weight excluding hydrogens is 397 g/mol. The second kappa shape index (κ2) is 8.36. The molecule has 28 heavy (non-hydrogen) atoms. The van der Waals surface area contributed by atoms with Gasteiger partial charge in [-0.25, -0.2) is 4.79 Å². The molecule has 2 aromatic rings. The summed E-state index contributed by atoms with van der Waals surface area (Å²) in [6.07, 6.45) is -5.28. The van der Waals surface area contributed by atoms with Crippen molar-refractivity contribution in [2.45, 2.75) is 11.8 Å². The molecule has 10 heteroatoms. The van der Waals surface area contributed by atoms with Gasteiger partial charge in [-0.05, 0) is 36.5 Å². The summed E-state index contributed by atoms with van der Waals surface area (Å²) in [6.45, 7) is 0. The highest BCUT2D eigenvalue weighted by Gasteiger charge is 2.62. The lowest BCUT2D eigenvalue weighted by Crippen LogP contribution is -2.49. The lowest BCUT2D eigenvalue weighted by Gasteiger charge is -2.28. The second-order valence-electron chi connectivity index (χ2n) is 5.55. The van der Waals surface area contributed by atoms with E-state index in [4.69, 9.17) is 12.2 Å². The Morgan fingerprint density at radius 2 is 1.61 bits per heavy atom. The normalized spacial score (nSPS) is 13.2. The van der Waals surface area contributed by atoms with Gasteiger partial charge < -0.3 is 15.2 Å². The van der Waals surface area contributed by atoms with Gasteiger partial charge in [0.15, 0.2) is 5.11 Å². The molecule has 3 N–H and O–H groups in total. The molecule has 0 aromatic heterocycles. The van der Waals surface area contributed by atoms with Crippen molar-refractivity contribution in [3.05, 3.63) is 65.7 Å². The van der Waals surface area contributed by atoms with Crippen LogP contribution in [-0.2, 0) is 15.1 Å². The molecule has 0 unspecified atom stereocenters. The van der Waals surface area contributed by atoms with Crippen molar-refractivity contribution < 1.29 is 32.6 Å². The van der Waals surface area contributed by atoms with Crippen LogP contribution in [0.1, 0.15) is 15.9 Å². The van der Waals surface area contributed by atoms with Gasteiger partial charge in [0.2, 0.25) is 0 Å². The molecule has 1 atom stereocenters. The number of esters is 1. The number of benzene rings is 2. The highest BCUT2D eigenvalue weighted by atomic mass is 32.1. The largest absolute Gasteiger partial charge is 0.466 e. The number of halogens is 3. The quantitative estimate of drug-likeness (QED) is 0.529. The standard InChI is InChI=1S/C18H15F3N2O4S/c1-27-15(25)17(26,18(19,20)21)12-7-9-13(10-8-12)22-16(28)23-14(24)11-5-3-2-4-6-11/h2-10,26H,1H3,(H2,22,23,24,28)/t17-/m1/s1. The minimum Gasteiger partial charge on any atom is -0.466 e. The molecule has 0 radical (unpaired) electrons. The van der Waals surface area contributed by atoms with Gasteiger partial charge in [-0.1, -0.05) is 30.3 Å². The molecule has 0 aliphatic rings. The van der Waals surface area contributed by atoms with Crippen molar-refractivity contribution in [3.8, 4) is 0 Å². The number of ether oxygens (including phenoxy) is 1. The summed E-state index contributed by atoms with van der Waals surface area (Å²) in [7, 11) is 0.739. The number of thiocarbonyl (C=S) groups is 1. The number of alkyl halides is 3. The Bertz CT molecular complexity index is 873. The molecule has 0 aliphatic heterocycles. The molecule has 0 heterocycles. The minimum atomic E-state index is -5.28. The fraction of sp³-hybridized carbons (Fsp3) is 0.167. The average Bonchev–Trinajstić information content (AvgIpc) is 2.67. The third-order valence-corrected chi connectivity index (χ3v) is 3.92. The van der Waals surface area contributed by atoms with Gasteiger partial charge in [0.25, 0.3) is 11.5 Å². The lowest BCUT2D eigenvalue weighted by molar-refractivity contribution is -0.266. The van der Waals surface area contributed by atoms with E-state index in [0.29, 0.717) is 5.56 Å². The van der Waals surface area contributed by atoms with Gasteiger partial charge in [0, 0.05) is 16.8 Å². The Balaban J connectivity index is 2.12. The molecule has 0 spiro atoms. The molecule has 0 aliphatic carbocycles. The van der Waals surface area contributed by atoms with E-state index in [2.05, 4.69) is 15.4 Å². The first kappa shape index (κ1) is 21.3. The maximum absolute atomic E-state index is 13.2. The molecule has 2 rings (SSSR count). The van der Waals surface area contributed by atoms with E-state index in [0.717, 1.165) is 31.4 Å². The predicted molar refractivity (Wildman–Crippen MR) is 98.5 cm³/mol. The molecule has 1 amide bonds. The third kappa shape index (κ3) is 4.46. The van der Waals surface area contributed by atoms with Crippen molar-refractivity contribution in [2.24, 2.45) is 0 Å². The van der Waals surface area contributed by atoms with Crippen molar-refractivity contribution in [1.29, 1.82) is 0 Å². The van der Waals surface area contributed by atoms with Crippen LogP contribution in [0.3, 0.4) is 0 Å². The third-order valence-electron chi connectivity index (χ3n) is 3.71. The fourth-order valence-electron chi connectivity index (χ4n) is 2.27. The fourth-order valence-corrected chi connectivity index (χ4v) is 2.48. The number of aliphatic hydroxyl groups is 1. The zero-order valence-corrected chi connectivity index (χ0v) is 15.2. The monoisotopic (exact) mass is 412 g/mol. The topological polar surface area (TPSA) is 87.7 Å². The van der Waals surface area contributed by atoms with Crippen molar-refractivity contribution in [2.75, 3.05) is 12.4 Å². The van der Waals surface area contributed by atoms with Gasteiger partial charge in [-0.3, -0.25) is 10.1 Å². The van der Waals surface area contributed by atoms with Crippen LogP contribution in [-0.4, -0.2) is 35.4 Å². The Hall–Kier alpha value is -2.98. The highest BCUT2D eigenvalue weighted by molar-refractivity contribution is 7.80. The number of nitrogens with one attached hydrogen (secondary N) is 2. The summed E-state index contributed by atoms with van der Waals surface area (Å²) in [5.74, 6) is -2.32. The van der Waals surface area contributed by atoms with E-state index in [1.54, 1.807) is 30.3 Å². The van der Waals surface area contributed by atoms with Gasteiger partial charge in [-0.2, -0.15) is 13.2 Å². The van der Waals surface area contributed by atoms with Crippen LogP contribution in [0, 0.1) is 0 Å². The second-order valence-corrected chi connectivity index (χ2v) is 5.96. The first-order valence-corrected chi connectivity index (χ1v) is 8.16. The molecule has 6 nitrogen and oxygen atoms in total. The minimum absolute atomic E-state index is 0.0827. The smallest absolute Gasteiger partial charge is 0.432 e. The van der Waals surface area contributed by atoms with Crippen LogP contribution >= 0.6 is 12.2 Å². The van der Waals surface area contributed by atoms with Crippen LogP contribution in [0.4, 0.5) is 18.9 Å². The van der Waals surface area contributed by atoms with Gasteiger partial charge in [0.1, 0.15) is 0 Å². The maximum atomic E-state index is 13.2. The first-order chi connectivity index (χ1) is 13.1. The maximum Gasteiger partial charge on any atom is 0.432 e. The molecule has 0 saturated carbocycles. The highest BCUT2D eigenvalue weighted by Crippen LogP contribution is 2.40. The van der Waals surface area contributed by atoms with E-state index in [1.807, 2.05) is 0 Å². The van der Waals surface area contributed by atoms with E-state index in [-0.39, 0.29) is 10.8 Å². The van der Waals surface area contributed by atoms with Crippen molar-refractivity contribution in [3.63, 3.8) is 0 Å².